The Bertz CT molecular complexity index is 534. The lowest BCUT2D eigenvalue weighted by atomic mass is 9.59. The van der Waals surface area contributed by atoms with E-state index in [1.807, 2.05) is 0 Å². The van der Waals surface area contributed by atoms with E-state index in [0.29, 0.717) is 24.3 Å². The van der Waals surface area contributed by atoms with Crippen molar-refractivity contribution in [2.24, 2.45) is 11.8 Å². The SMILES string of the molecule is CC(C)CNC(=O)CCCNC(CC(C)C)C1(c2ccccc2)CCC1. The molecule has 1 aliphatic carbocycles. The third kappa shape index (κ3) is 5.84. The summed E-state index contributed by atoms with van der Waals surface area (Å²) >= 11 is 0. The van der Waals surface area contributed by atoms with E-state index in [0.717, 1.165) is 19.5 Å². The molecule has 2 N–H and O–H groups in total. The van der Waals surface area contributed by atoms with Crippen LogP contribution >= 0.6 is 0 Å². The molecule has 0 heterocycles. The Hall–Kier alpha value is -1.35. The first-order valence-corrected chi connectivity index (χ1v) is 10.5. The molecule has 0 aromatic heterocycles. The molecule has 3 heteroatoms. The van der Waals surface area contributed by atoms with Crippen molar-refractivity contribution in [3.8, 4) is 0 Å². The van der Waals surface area contributed by atoms with Crippen LogP contribution in [-0.2, 0) is 10.2 Å². The fourth-order valence-electron chi connectivity index (χ4n) is 4.07. The van der Waals surface area contributed by atoms with Gasteiger partial charge in [-0.2, -0.15) is 0 Å². The van der Waals surface area contributed by atoms with Gasteiger partial charge in [-0.25, -0.2) is 0 Å². The molecule has 1 aliphatic rings. The summed E-state index contributed by atoms with van der Waals surface area (Å²) in [5, 5.41) is 6.85. The standard InChI is InChI=1S/C23H38N2O/c1-18(2)16-21(24-15-8-12-22(26)25-17-19(3)4)23(13-9-14-23)20-10-6-5-7-11-20/h5-7,10-11,18-19,21,24H,8-9,12-17H2,1-4H3,(H,25,26). The first-order valence-electron chi connectivity index (χ1n) is 10.5. The van der Waals surface area contributed by atoms with E-state index in [4.69, 9.17) is 0 Å². The number of hydrogen-bond donors (Lipinski definition) is 2. The predicted molar refractivity (Wildman–Crippen MR) is 110 cm³/mol. The van der Waals surface area contributed by atoms with E-state index in [1.165, 1.54) is 31.2 Å². The number of benzene rings is 1. The lowest BCUT2D eigenvalue weighted by Gasteiger charge is -2.49. The molecule has 1 unspecified atom stereocenters. The average molecular weight is 359 g/mol. The van der Waals surface area contributed by atoms with Crippen LogP contribution < -0.4 is 10.6 Å². The van der Waals surface area contributed by atoms with E-state index >= 15 is 0 Å². The minimum absolute atomic E-state index is 0.183. The molecular formula is C23H38N2O. The summed E-state index contributed by atoms with van der Waals surface area (Å²) < 4.78 is 0. The van der Waals surface area contributed by atoms with Crippen LogP contribution in [0.1, 0.15) is 71.8 Å². The summed E-state index contributed by atoms with van der Waals surface area (Å²) in [6.07, 6.45) is 6.58. The van der Waals surface area contributed by atoms with E-state index in [-0.39, 0.29) is 11.3 Å². The summed E-state index contributed by atoms with van der Waals surface area (Å²) in [5.74, 6) is 1.36. The summed E-state index contributed by atoms with van der Waals surface area (Å²) in [5.41, 5.74) is 1.77. The molecule has 1 atom stereocenters. The number of rotatable bonds is 11. The number of nitrogens with one attached hydrogen (secondary N) is 2. The van der Waals surface area contributed by atoms with Crippen LogP contribution in [-0.4, -0.2) is 25.0 Å². The Kier molecular flexibility index (Phi) is 8.15. The minimum Gasteiger partial charge on any atom is -0.356 e. The zero-order chi connectivity index (χ0) is 19.0. The van der Waals surface area contributed by atoms with Crippen LogP contribution in [0.15, 0.2) is 30.3 Å². The van der Waals surface area contributed by atoms with Crippen molar-refractivity contribution in [3.05, 3.63) is 35.9 Å². The molecule has 3 nitrogen and oxygen atoms in total. The molecule has 1 aromatic carbocycles. The lowest BCUT2D eigenvalue weighted by Crippen LogP contribution is -2.53. The van der Waals surface area contributed by atoms with Crippen molar-refractivity contribution in [1.29, 1.82) is 0 Å². The Balaban J connectivity index is 1.90. The van der Waals surface area contributed by atoms with Gasteiger partial charge >= 0.3 is 0 Å². The second kappa shape index (κ2) is 10.1. The van der Waals surface area contributed by atoms with Gasteiger partial charge in [0, 0.05) is 24.4 Å². The molecule has 1 fully saturated rings. The number of amides is 1. The second-order valence-electron chi connectivity index (χ2n) is 8.81. The second-order valence-corrected chi connectivity index (χ2v) is 8.81. The van der Waals surface area contributed by atoms with Gasteiger partial charge in [-0.1, -0.05) is 64.4 Å². The van der Waals surface area contributed by atoms with Crippen LogP contribution in [0.4, 0.5) is 0 Å². The zero-order valence-corrected chi connectivity index (χ0v) is 17.2. The highest BCUT2D eigenvalue weighted by Gasteiger charge is 2.45. The maximum absolute atomic E-state index is 11.9. The molecule has 2 rings (SSSR count). The quantitative estimate of drug-likeness (QED) is 0.565. The smallest absolute Gasteiger partial charge is 0.220 e. The molecule has 0 aliphatic heterocycles. The molecule has 0 bridgehead atoms. The van der Waals surface area contributed by atoms with Crippen LogP contribution in [0.5, 0.6) is 0 Å². The number of carbonyl (C=O) groups excluding carboxylic acids is 1. The van der Waals surface area contributed by atoms with Gasteiger partial charge in [0.25, 0.3) is 0 Å². The fourth-order valence-corrected chi connectivity index (χ4v) is 4.07. The van der Waals surface area contributed by atoms with Gasteiger partial charge in [0.05, 0.1) is 0 Å². The lowest BCUT2D eigenvalue weighted by molar-refractivity contribution is -0.121. The molecule has 0 radical (unpaired) electrons. The Morgan fingerprint density at radius 3 is 2.31 bits per heavy atom. The summed E-state index contributed by atoms with van der Waals surface area (Å²) in [6.45, 7) is 10.6. The van der Waals surface area contributed by atoms with Crippen molar-refractivity contribution in [1.82, 2.24) is 10.6 Å². The van der Waals surface area contributed by atoms with Crippen molar-refractivity contribution < 1.29 is 4.79 Å². The van der Waals surface area contributed by atoms with E-state index in [2.05, 4.69) is 68.7 Å². The maximum Gasteiger partial charge on any atom is 0.220 e. The zero-order valence-electron chi connectivity index (χ0n) is 17.2. The van der Waals surface area contributed by atoms with Crippen molar-refractivity contribution in [3.63, 3.8) is 0 Å². The van der Waals surface area contributed by atoms with Gasteiger partial charge in [0.1, 0.15) is 0 Å². The molecule has 0 saturated heterocycles. The number of carbonyl (C=O) groups is 1. The van der Waals surface area contributed by atoms with E-state index in [9.17, 15) is 4.79 Å². The van der Waals surface area contributed by atoms with E-state index < -0.39 is 0 Å². The van der Waals surface area contributed by atoms with Gasteiger partial charge in [0.15, 0.2) is 0 Å². The molecule has 26 heavy (non-hydrogen) atoms. The van der Waals surface area contributed by atoms with Gasteiger partial charge in [0.2, 0.25) is 5.91 Å². The van der Waals surface area contributed by atoms with Crippen LogP contribution in [0.25, 0.3) is 0 Å². The Labute approximate surface area is 160 Å². The Morgan fingerprint density at radius 2 is 1.77 bits per heavy atom. The summed E-state index contributed by atoms with van der Waals surface area (Å²) in [6, 6.07) is 11.5. The third-order valence-corrected chi connectivity index (χ3v) is 5.65. The van der Waals surface area contributed by atoms with Crippen molar-refractivity contribution >= 4 is 5.91 Å². The predicted octanol–water partition coefficient (Wildman–Crippen LogP) is 4.67. The highest BCUT2D eigenvalue weighted by Crippen LogP contribution is 2.47. The third-order valence-electron chi connectivity index (χ3n) is 5.65. The topological polar surface area (TPSA) is 41.1 Å². The molecule has 1 amide bonds. The normalized spacial score (nSPS) is 17.2. The minimum atomic E-state index is 0.183. The van der Waals surface area contributed by atoms with Crippen molar-refractivity contribution in [2.75, 3.05) is 13.1 Å². The van der Waals surface area contributed by atoms with Crippen molar-refractivity contribution in [2.45, 2.75) is 77.7 Å². The molecule has 0 spiro atoms. The van der Waals surface area contributed by atoms with Gasteiger partial charge in [-0.05, 0) is 49.6 Å². The maximum atomic E-state index is 11.9. The van der Waals surface area contributed by atoms with Gasteiger partial charge < -0.3 is 10.6 Å². The largest absolute Gasteiger partial charge is 0.356 e. The first kappa shape index (κ1) is 21.0. The van der Waals surface area contributed by atoms with Crippen LogP contribution in [0, 0.1) is 11.8 Å². The van der Waals surface area contributed by atoms with Crippen LogP contribution in [0.2, 0.25) is 0 Å². The van der Waals surface area contributed by atoms with E-state index in [1.54, 1.807) is 0 Å². The first-order chi connectivity index (χ1) is 12.4. The van der Waals surface area contributed by atoms with Crippen LogP contribution in [0.3, 0.4) is 0 Å². The summed E-state index contributed by atoms with van der Waals surface area (Å²) in [4.78, 5) is 11.9. The Morgan fingerprint density at radius 1 is 1.08 bits per heavy atom. The number of hydrogen-bond acceptors (Lipinski definition) is 2. The van der Waals surface area contributed by atoms with Gasteiger partial charge in [-0.3, -0.25) is 4.79 Å². The molecular weight excluding hydrogens is 320 g/mol. The fraction of sp³-hybridized carbons (Fsp3) is 0.696. The summed E-state index contributed by atoms with van der Waals surface area (Å²) in [7, 11) is 0. The molecule has 1 aromatic rings. The molecule has 1 saturated carbocycles. The average Bonchev–Trinajstić information content (AvgIpc) is 2.56. The molecule has 146 valence electrons. The van der Waals surface area contributed by atoms with Gasteiger partial charge in [-0.15, -0.1) is 0 Å². The monoisotopic (exact) mass is 358 g/mol. The highest BCUT2D eigenvalue weighted by atomic mass is 16.1. The highest BCUT2D eigenvalue weighted by molar-refractivity contribution is 5.75.